The first-order valence-corrected chi connectivity index (χ1v) is 15.2. The lowest BCUT2D eigenvalue weighted by molar-refractivity contribution is -0.129. The van der Waals surface area contributed by atoms with Gasteiger partial charge in [0, 0.05) is 41.4 Å². The number of halogens is 4. The number of urea groups is 1. The van der Waals surface area contributed by atoms with Crippen LogP contribution in [-0.4, -0.2) is 64.0 Å². The van der Waals surface area contributed by atoms with Crippen LogP contribution in [0.2, 0.25) is 5.02 Å². The smallest absolute Gasteiger partial charge is 0.418 e. The molecule has 11 nitrogen and oxygen atoms in total. The Morgan fingerprint density at radius 1 is 1.12 bits per heavy atom. The van der Waals surface area contributed by atoms with Crippen molar-refractivity contribution in [3.8, 4) is 6.07 Å². The van der Waals surface area contributed by atoms with Crippen molar-refractivity contribution in [3.05, 3.63) is 88.3 Å². The Kier molecular flexibility index (Phi) is 9.37. The number of amides is 5. The van der Waals surface area contributed by atoms with Gasteiger partial charge in [-0.05, 0) is 56.7 Å². The monoisotopic (exact) mass is 682 g/mol. The lowest BCUT2D eigenvalue weighted by Crippen LogP contribution is -2.51. The lowest BCUT2D eigenvalue weighted by Gasteiger charge is -2.36. The minimum Gasteiger partial charge on any atom is -0.443 e. The van der Waals surface area contributed by atoms with Crippen LogP contribution in [0.5, 0.6) is 0 Å². The van der Waals surface area contributed by atoms with Crippen molar-refractivity contribution in [1.29, 1.82) is 5.26 Å². The van der Waals surface area contributed by atoms with Gasteiger partial charge in [0.25, 0.3) is 5.92 Å². The molecule has 0 radical (unpaired) electrons. The highest BCUT2D eigenvalue weighted by molar-refractivity contribution is 6.31. The summed E-state index contributed by atoms with van der Waals surface area (Å²) in [5, 5.41) is 14.6. The van der Waals surface area contributed by atoms with Gasteiger partial charge in [0.15, 0.2) is 0 Å². The number of pyridine rings is 1. The Hall–Kier alpha value is -5.16. The third kappa shape index (κ3) is 7.21. The fourth-order valence-corrected chi connectivity index (χ4v) is 5.73. The lowest BCUT2D eigenvalue weighted by atomic mass is 9.85. The third-order valence-corrected chi connectivity index (χ3v) is 8.00. The van der Waals surface area contributed by atoms with Gasteiger partial charge in [0.05, 0.1) is 24.1 Å². The second-order valence-corrected chi connectivity index (χ2v) is 12.8. The van der Waals surface area contributed by atoms with E-state index in [9.17, 15) is 33.2 Å². The van der Waals surface area contributed by atoms with Crippen LogP contribution in [-0.2, 0) is 14.3 Å². The normalized spacial score (nSPS) is 18.0. The molecule has 1 aliphatic carbocycles. The number of carbonyl (C=O) groups excluding carboxylic acids is 4. The van der Waals surface area contributed by atoms with E-state index in [1.165, 1.54) is 42.6 Å². The van der Waals surface area contributed by atoms with Crippen molar-refractivity contribution < 1.29 is 37.1 Å². The minimum atomic E-state index is -2.94. The number of nitrogens with one attached hydrogen (secondary N) is 2. The summed E-state index contributed by atoms with van der Waals surface area (Å²) in [5.41, 5.74) is -1.21. The molecule has 1 saturated carbocycles. The zero-order chi connectivity index (χ0) is 35.0. The topological polar surface area (TPSA) is 145 Å². The molecule has 0 spiro atoms. The van der Waals surface area contributed by atoms with Crippen LogP contribution in [0, 0.1) is 17.1 Å². The number of alkyl halides is 2. The number of imide groups is 1. The van der Waals surface area contributed by atoms with Crippen molar-refractivity contribution in [2.45, 2.75) is 63.1 Å². The Labute approximate surface area is 278 Å². The van der Waals surface area contributed by atoms with Crippen LogP contribution < -0.4 is 15.5 Å². The number of nitriles is 1. The second-order valence-electron chi connectivity index (χ2n) is 12.4. The van der Waals surface area contributed by atoms with E-state index in [0.29, 0.717) is 4.90 Å². The molecular formula is C33H30ClF3N6O5. The summed E-state index contributed by atoms with van der Waals surface area (Å²) < 4.78 is 48.3. The average molecular weight is 683 g/mol. The van der Waals surface area contributed by atoms with E-state index < -0.39 is 78.7 Å². The molecule has 2 fully saturated rings. The maximum Gasteiger partial charge on any atom is 0.418 e. The van der Waals surface area contributed by atoms with Crippen molar-refractivity contribution >= 4 is 47.0 Å². The number of hydrogen-bond donors (Lipinski definition) is 2. The maximum atomic E-state index is 15.8. The first-order chi connectivity index (χ1) is 22.6. The molecule has 2 heterocycles. The van der Waals surface area contributed by atoms with Gasteiger partial charge in [0.2, 0.25) is 11.8 Å². The van der Waals surface area contributed by atoms with Crippen LogP contribution in [0.4, 0.5) is 34.3 Å². The molecule has 1 aromatic heterocycles. The van der Waals surface area contributed by atoms with Crippen LogP contribution in [0.15, 0.2) is 60.8 Å². The van der Waals surface area contributed by atoms with E-state index in [1.54, 1.807) is 32.9 Å². The van der Waals surface area contributed by atoms with Gasteiger partial charge in [-0.1, -0.05) is 35.9 Å². The molecule has 1 aliphatic heterocycles. The highest BCUT2D eigenvalue weighted by Crippen LogP contribution is 2.40. The van der Waals surface area contributed by atoms with Gasteiger partial charge in [0.1, 0.15) is 23.3 Å². The molecule has 2 N–H and O–H groups in total. The maximum absolute atomic E-state index is 15.8. The molecule has 2 aromatic carbocycles. The number of anilines is 2. The molecule has 250 valence electrons. The number of rotatable bonds is 7. The number of hydrogen-bond acceptors (Lipinski definition) is 7. The van der Waals surface area contributed by atoms with E-state index >= 15 is 4.39 Å². The Morgan fingerprint density at radius 3 is 2.48 bits per heavy atom. The summed E-state index contributed by atoms with van der Waals surface area (Å²) in [6.07, 6.45) is -0.958. The zero-order valence-corrected chi connectivity index (χ0v) is 26.7. The summed E-state index contributed by atoms with van der Waals surface area (Å²) in [7, 11) is 0. The Morgan fingerprint density at radius 2 is 1.83 bits per heavy atom. The van der Waals surface area contributed by atoms with E-state index in [1.807, 2.05) is 6.07 Å². The van der Waals surface area contributed by atoms with Gasteiger partial charge >= 0.3 is 12.1 Å². The molecule has 5 rings (SSSR count). The van der Waals surface area contributed by atoms with Crippen LogP contribution in [0.1, 0.15) is 56.2 Å². The summed E-state index contributed by atoms with van der Waals surface area (Å²) in [4.78, 5) is 60.0. The molecule has 2 atom stereocenters. The second kappa shape index (κ2) is 13.2. The third-order valence-electron chi connectivity index (χ3n) is 7.66. The van der Waals surface area contributed by atoms with Gasteiger partial charge < -0.3 is 15.4 Å². The number of ether oxygens (including phenoxy) is 1. The molecule has 5 amide bonds. The number of nitrogens with zero attached hydrogens (tertiary/aromatic N) is 4. The fourth-order valence-electron chi connectivity index (χ4n) is 5.48. The fraction of sp³-hybridized carbons (Fsp3) is 0.333. The van der Waals surface area contributed by atoms with Crippen LogP contribution >= 0.6 is 11.6 Å². The zero-order valence-electron chi connectivity index (χ0n) is 26.0. The molecule has 48 heavy (non-hydrogen) atoms. The largest absolute Gasteiger partial charge is 0.443 e. The summed E-state index contributed by atoms with van der Waals surface area (Å²) in [6, 6.07) is 11.1. The van der Waals surface area contributed by atoms with Crippen LogP contribution in [0.3, 0.4) is 0 Å². The highest BCUT2D eigenvalue weighted by Gasteiger charge is 2.48. The molecule has 0 unspecified atom stereocenters. The molecule has 0 bridgehead atoms. The summed E-state index contributed by atoms with van der Waals surface area (Å²) in [6.45, 7) is 4.28. The van der Waals surface area contributed by atoms with Crippen molar-refractivity contribution in [3.63, 3.8) is 0 Å². The first-order valence-electron chi connectivity index (χ1n) is 14.8. The van der Waals surface area contributed by atoms with Gasteiger partial charge in [-0.2, -0.15) is 5.26 Å². The number of benzene rings is 2. The summed E-state index contributed by atoms with van der Waals surface area (Å²) in [5.74, 6) is -7.18. The average Bonchev–Trinajstić information content (AvgIpc) is 3.35. The molecule has 15 heteroatoms. The van der Waals surface area contributed by atoms with E-state index in [4.69, 9.17) is 16.3 Å². The predicted octanol–water partition coefficient (Wildman–Crippen LogP) is 5.98. The molecular weight excluding hydrogens is 653 g/mol. The molecule has 3 aromatic rings. The molecule has 2 aliphatic rings. The quantitative estimate of drug-likeness (QED) is 0.312. The van der Waals surface area contributed by atoms with Gasteiger partial charge in [-0.3, -0.25) is 14.5 Å². The minimum absolute atomic E-state index is 0.0844. The Bertz CT molecular complexity index is 1820. The highest BCUT2D eigenvalue weighted by atomic mass is 35.5. The number of carbonyl (C=O) groups is 4. The summed E-state index contributed by atoms with van der Waals surface area (Å²) >= 11 is 6.44. The van der Waals surface area contributed by atoms with Crippen LogP contribution in [0.25, 0.3) is 0 Å². The SMILES string of the molecule is CC(C)(C)OC(=O)N1C[C@@H](C(=O)Nc2cccc(F)c2[C@H](C(=O)NC2CC(F)(F)C2)c2ccccc2Cl)N(c2cc(C#N)ccn2)C1=O. The van der Waals surface area contributed by atoms with Crippen molar-refractivity contribution in [2.75, 3.05) is 16.8 Å². The van der Waals surface area contributed by atoms with Crippen molar-refractivity contribution in [2.24, 2.45) is 0 Å². The molecule has 1 saturated heterocycles. The predicted molar refractivity (Wildman–Crippen MR) is 168 cm³/mol. The standard InChI is InChI=1S/C33H30ClF3N6O5/c1-32(2,3)48-31(47)42-17-24(43(30(42)46)25-13-18(16-38)11-12-39-25)28(44)41-23-10-6-9-22(35)27(23)26(20-7-4-5-8-21(20)34)29(45)40-19-14-33(36,37)15-19/h4-13,19,24,26H,14-15,17H2,1-3H3,(H,40,45)(H,41,44)/t24-,26+/m0/s1. The van der Waals surface area contributed by atoms with Crippen molar-refractivity contribution in [1.82, 2.24) is 15.2 Å². The first kappa shape index (κ1) is 34.2. The van der Waals surface area contributed by atoms with E-state index in [0.717, 1.165) is 11.0 Å². The van der Waals surface area contributed by atoms with Gasteiger partial charge in [-0.25, -0.2) is 32.6 Å². The van der Waals surface area contributed by atoms with Gasteiger partial charge in [-0.15, -0.1) is 0 Å². The van der Waals surface area contributed by atoms with E-state index in [-0.39, 0.29) is 33.2 Å². The number of aromatic nitrogens is 1. The van der Waals surface area contributed by atoms with E-state index in [2.05, 4.69) is 15.6 Å². The Balaban J connectivity index is 1.53.